The fourth-order valence-electron chi connectivity index (χ4n) is 1.79. The number of rotatable bonds is 3. The van der Waals surface area contributed by atoms with Gasteiger partial charge in [0.05, 0.1) is 14.7 Å². The number of carbonyl (C=O) groups is 2. The third-order valence-corrected chi connectivity index (χ3v) is 4.53. The molecule has 0 saturated carbocycles. The predicted octanol–water partition coefficient (Wildman–Crippen LogP) is 2.49. The van der Waals surface area contributed by atoms with E-state index in [1.54, 1.807) is 6.92 Å². The lowest BCUT2D eigenvalue weighted by Crippen LogP contribution is -2.13. The SMILES string of the molecule is Cc1c(C)c(C(=O)O)c(I=O)c(C)c1C(=O)O. The van der Waals surface area contributed by atoms with Gasteiger partial charge in [0.15, 0.2) is 21.2 Å². The van der Waals surface area contributed by atoms with Crippen LogP contribution in [0.3, 0.4) is 0 Å². The minimum Gasteiger partial charge on any atom is -0.478 e. The fourth-order valence-corrected chi connectivity index (χ4v) is 3.25. The summed E-state index contributed by atoms with van der Waals surface area (Å²) < 4.78 is 11.3. The molecule has 0 atom stereocenters. The van der Waals surface area contributed by atoms with Crippen molar-refractivity contribution in [3.63, 3.8) is 0 Å². The number of hydrogen-bond donors (Lipinski definition) is 2. The second kappa shape index (κ2) is 4.91. The lowest BCUT2D eigenvalue weighted by molar-refractivity contribution is 0.0678. The molecule has 1 rings (SSSR count). The molecule has 0 heterocycles. The van der Waals surface area contributed by atoms with Crippen molar-refractivity contribution in [3.8, 4) is 0 Å². The van der Waals surface area contributed by atoms with Gasteiger partial charge < -0.3 is 10.2 Å². The second-order valence-corrected chi connectivity index (χ2v) is 5.15. The largest absolute Gasteiger partial charge is 0.478 e. The number of benzene rings is 1. The molecule has 6 heteroatoms. The van der Waals surface area contributed by atoms with Gasteiger partial charge in [-0.1, -0.05) is 0 Å². The van der Waals surface area contributed by atoms with Gasteiger partial charge in [0, 0.05) is 0 Å². The van der Waals surface area contributed by atoms with Crippen LogP contribution in [0.4, 0.5) is 0 Å². The summed E-state index contributed by atoms with van der Waals surface area (Å²) in [4.78, 5) is 22.2. The first-order valence-electron chi connectivity index (χ1n) is 4.70. The third-order valence-electron chi connectivity index (χ3n) is 2.74. The Morgan fingerprint density at radius 3 is 1.65 bits per heavy atom. The van der Waals surface area contributed by atoms with E-state index in [4.69, 9.17) is 10.2 Å². The van der Waals surface area contributed by atoms with E-state index in [0.29, 0.717) is 16.7 Å². The molecule has 0 radical (unpaired) electrons. The highest BCUT2D eigenvalue weighted by Gasteiger charge is 2.24. The highest BCUT2D eigenvalue weighted by molar-refractivity contribution is 14.1. The molecule has 0 unspecified atom stereocenters. The number of halogens is 1. The van der Waals surface area contributed by atoms with Crippen molar-refractivity contribution >= 4 is 33.1 Å². The number of carboxylic acid groups (broad SMARTS) is 2. The van der Waals surface area contributed by atoms with Gasteiger partial charge >= 0.3 is 11.9 Å². The molecule has 5 nitrogen and oxygen atoms in total. The summed E-state index contributed by atoms with van der Waals surface area (Å²) >= 11 is -1.73. The maximum absolute atomic E-state index is 11.2. The van der Waals surface area contributed by atoms with Crippen LogP contribution in [0, 0.1) is 24.3 Å². The molecule has 0 aromatic heterocycles. The fraction of sp³-hybridized carbons (Fsp3) is 0.273. The molecule has 0 aliphatic rings. The van der Waals surface area contributed by atoms with Crippen LogP contribution in [-0.2, 0) is 3.07 Å². The molecule has 0 saturated heterocycles. The quantitative estimate of drug-likeness (QED) is 0.818. The molecule has 2 N–H and O–H groups in total. The molecular formula is C11H11IO5. The third kappa shape index (κ3) is 2.21. The lowest BCUT2D eigenvalue weighted by atomic mass is 9.94. The van der Waals surface area contributed by atoms with Crippen LogP contribution in [0.2, 0.25) is 0 Å². The van der Waals surface area contributed by atoms with Crippen LogP contribution in [-0.4, -0.2) is 22.2 Å². The van der Waals surface area contributed by atoms with Gasteiger partial charge in [0.25, 0.3) is 0 Å². The molecule has 0 fully saturated rings. The zero-order valence-corrected chi connectivity index (χ0v) is 11.7. The normalized spacial score (nSPS) is 10.3. The van der Waals surface area contributed by atoms with E-state index in [9.17, 15) is 12.7 Å². The van der Waals surface area contributed by atoms with E-state index >= 15 is 0 Å². The zero-order chi connectivity index (χ0) is 13.3. The summed E-state index contributed by atoms with van der Waals surface area (Å²) in [6, 6.07) is 0. The Kier molecular flexibility index (Phi) is 3.97. The Bertz CT molecular complexity index is 533. The van der Waals surface area contributed by atoms with Crippen molar-refractivity contribution in [2.24, 2.45) is 0 Å². The smallest absolute Gasteiger partial charge is 0.337 e. The van der Waals surface area contributed by atoms with Gasteiger partial charge in [-0.25, -0.2) is 9.59 Å². The maximum Gasteiger partial charge on any atom is 0.337 e. The first-order valence-corrected chi connectivity index (χ1v) is 6.66. The van der Waals surface area contributed by atoms with Crippen molar-refractivity contribution in [2.75, 3.05) is 0 Å². The molecule has 1 aromatic rings. The lowest BCUT2D eigenvalue weighted by Gasteiger charge is -2.14. The van der Waals surface area contributed by atoms with E-state index in [2.05, 4.69) is 0 Å². The molecular weight excluding hydrogens is 339 g/mol. The van der Waals surface area contributed by atoms with Crippen LogP contribution in [0.15, 0.2) is 0 Å². The van der Waals surface area contributed by atoms with Crippen molar-refractivity contribution in [1.29, 1.82) is 0 Å². The minimum absolute atomic E-state index is 0.0206. The van der Waals surface area contributed by atoms with Gasteiger partial charge in [-0.2, -0.15) is 0 Å². The van der Waals surface area contributed by atoms with E-state index in [0.717, 1.165) is 0 Å². The number of carboxylic acids is 2. The molecule has 0 aliphatic heterocycles. The van der Waals surface area contributed by atoms with E-state index in [1.165, 1.54) is 13.8 Å². The minimum atomic E-state index is -1.73. The number of aromatic carboxylic acids is 2. The van der Waals surface area contributed by atoms with Crippen LogP contribution >= 0.6 is 21.2 Å². The molecule has 1 aromatic carbocycles. The monoisotopic (exact) mass is 350 g/mol. The average molecular weight is 350 g/mol. The van der Waals surface area contributed by atoms with Crippen molar-refractivity contribution < 1.29 is 22.9 Å². The van der Waals surface area contributed by atoms with Gasteiger partial charge in [0.1, 0.15) is 0 Å². The van der Waals surface area contributed by atoms with Crippen LogP contribution in [0.5, 0.6) is 0 Å². The Labute approximate surface area is 108 Å². The first-order chi connectivity index (χ1) is 7.82. The standard InChI is InChI=1S/C11H11IO5/c1-4-5(2)8(11(15)16)9(12-17)6(3)7(4)10(13)14/h1-3H3,(H,13,14)(H,15,16). The topological polar surface area (TPSA) is 91.7 Å². The molecule has 17 heavy (non-hydrogen) atoms. The van der Waals surface area contributed by atoms with E-state index in [-0.39, 0.29) is 14.7 Å². The average Bonchev–Trinajstić information content (AvgIpc) is 2.22. The summed E-state index contributed by atoms with van der Waals surface area (Å²) in [6.45, 7) is 4.59. The highest BCUT2D eigenvalue weighted by atomic mass is 127. The molecule has 92 valence electrons. The van der Waals surface area contributed by atoms with E-state index < -0.39 is 33.1 Å². The summed E-state index contributed by atoms with van der Waals surface area (Å²) in [6.07, 6.45) is 0. The van der Waals surface area contributed by atoms with Gasteiger partial charge in [-0.15, -0.1) is 0 Å². The second-order valence-electron chi connectivity index (χ2n) is 3.63. The Hall–Kier alpha value is -1.31. The van der Waals surface area contributed by atoms with Crippen molar-refractivity contribution in [2.45, 2.75) is 20.8 Å². The van der Waals surface area contributed by atoms with Gasteiger partial charge in [-0.05, 0) is 37.5 Å². The molecule has 0 aliphatic carbocycles. The number of hydrogen-bond acceptors (Lipinski definition) is 3. The summed E-state index contributed by atoms with van der Waals surface area (Å²) in [5.41, 5.74) is 1.10. The zero-order valence-electron chi connectivity index (χ0n) is 9.50. The summed E-state index contributed by atoms with van der Waals surface area (Å²) in [7, 11) is 0. The van der Waals surface area contributed by atoms with Crippen LogP contribution < -0.4 is 0 Å². The summed E-state index contributed by atoms with van der Waals surface area (Å²) in [5, 5.41) is 18.2. The predicted molar refractivity (Wildman–Crippen MR) is 68.0 cm³/mol. The van der Waals surface area contributed by atoms with Crippen molar-refractivity contribution in [3.05, 3.63) is 31.4 Å². The maximum atomic E-state index is 11.2. The first kappa shape index (κ1) is 13.8. The molecule has 0 spiro atoms. The van der Waals surface area contributed by atoms with Crippen molar-refractivity contribution in [1.82, 2.24) is 0 Å². The Morgan fingerprint density at radius 2 is 1.29 bits per heavy atom. The van der Waals surface area contributed by atoms with Gasteiger partial charge in [0.2, 0.25) is 0 Å². The van der Waals surface area contributed by atoms with Gasteiger partial charge in [-0.3, -0.25) is 3.07 Å². The van der Waals surface area contributed by atoms with Crippen LogP contribution in [0.1, 0.15) is 37.4 Å². The molecule has 0 bridgehead atoms. The van der Waals surface area contributed by atoms with E-state index in [1.807, 2.05) is 0 Å². The Balaban J connectivity index is 3.87. The highest BCUT2D eigenvalue weighted by Crippen LogP contribution is 2.30. The summed E-state index contributed by atoms with van der Waals surface area (Å²) in [5.74, 6) is -2.30. The van der Waals surface area contributed by atoms with Crippen LogP contribution in [0.25, 0.3) is 0 Å². The molecule has 0 amide bonds. The Morgan fingerprint density at radius 1 is 0.882 bits per heavy atom.